The molecule has 1 aromatic rings. The zero-order valence-corrected chi connectivity index (χ0v) is 22.6. The number of aryl methyl sites for hydroxylation is 1. The Morgan fingerprint density at radius 3 is 2.11 bits per heavy atom. The van der Waals surface area contributed by atoms with Gasteiger partial charge in [0.2, 0.25) is 17.7 Å². The lowest BCUT2D eigenvalue weighted by molar-refractivity contribution is -0.138. The largest absolute Gasteiger partial charge is 0.444 e. The van der Waals surface area contributed by atoms with Crippen LogP contribution in [0.5, 0.6) is 0 Å². The maximum absolute atomic E-state index is 13.2. The molecule has 4 amide bonds. The summed E-state index contributed by atoms with van der Waals surface area (Å²) >= 11 is 0. The normalized spacial score (nSPS) is 16.2. The van der Waals surface area contributed by atoms with E-state index in [-0.39, 0.29) is 29.6 Å². The SMILES string of the molecule is Cc1ccc(NC(=O)[C@H](C)NC(=O)C2CCN(C(=O)[C@H](CC(C)C)NC(=O)OC(C)(C)C)CC2)cc1. The average molecular weight is 503 g/mol. The molecule has 0 radical (unpaired) electrons. The van der Waals surface area contributed by atoms with Crippen LogP contribution < -0.4 is 16.0 Å². The summed E-state index contributed by atoms with van der Waals surface area (Å²) in [7, 11) is 0. The molecule has 3 N–H and O–H groups in total. The smallest absolute Gasteiger partial charge is 0.408 e. The Labute approximate surface area is 214 Å². The number of ether oxygens (including phenoxy) is 1. The number of piperidine rings is 1. The van der Waals surface area contributed by atoms with E-state index in [2.05, 4.69) is 16.0 Å². The van der Waals surface area contributed by atoms with Crippen molar-refractivity contribution >= 4 is 29.5 Å². The van der Waals surface area contributed by atoms with Crippen molar-refractivity contribution in [2.45, 2.75) is 85.4 Å². The van der Waals surface area contributed by atoms with Crippen molar-refractivity contribution in [1.82, 2.24) is 15.5 Å². The van der Waals surface area contributed by atoms with Gasteiger partial charge < -0.3 is 25.6 Å². The van der Waals surface area contributed by atoms with E-state index in [0.717, 1.165) is 5.56 Å². The van der Waals surface area contributed by atoms with Crippen LogP contribution in [-0.2, 0) is 19.1 Å². The number of hydrogen-bond donors (Lipinski definition) is 3. The lowest BCUT2D eigenvalue weighted by Gasteiger charge is -2.34. The lowest BCUT2D eigenvalue weighted by atomic mass is 9.94. The Hall–Kier alpha value is -3.10. The summed E-state index contributed by atoms with van der Waals surface area (Å²) < 4.78 is 5.33. The average Bonchev–Trinajstić information content (AvgIpc) is 2.78. The van der Waals surface area contributed by atoms with Crippen molar-refractivity contribution < 1.29 is 23.9 Å². The highest BCUT2D eigenvalue weighted by atomic mass is 16.6. The summed E-state index contributed by atoms with van der Waals surface area (Å²) in [6, 6.07) is 6.07. The summed E-state index contributed by atoms with van der Waals surface area (Å²) in [4.78, 5) is 52.4. The Morgan fingerprint density at radius 2 is 1.58 bits per heavy atom. The van der Waals surface area contributed by atoms with Crippen LogP contribution in [0.4, 0.5) is 10.5 Å². The number of anilines is 1. The molecule has 1 aliphatic rings. The van der Waals surface area contributed by atoms with Crippen LogP contribution in [0.3, 0.4) is 0 Å². The molecule has 1 fully saturated rings. The van der Waals surface area contributed by atoms with E-state index in [1.54, 1.807) is 32.6 Å². The van der Waals surface area contributed by atoms with Gasteiger partial charge in [-0.1, -0.05) is 31.5 Å². The quantitative estimate of drug-likeness (QED) is 0.502. The van der Waals surface area contributed by atoms with Gasteiger partial charge in [-0.3, -0.25) is 14.4 Å². The minimum absolute atomic E-state index is 0.167. The first-order valence-electron chi connectivity index (χ1n) is 12.7. The number of hydrogen-bond acceptors (Lipinski definition) is 5. The van der Waals surface area contributed by atoms with Crippen LogP contribution in [-0.4, -0.2) is 59.5 Å². The Morgan fingerprint density at radius 1 is 1.00 bits per heavy atom. The third-order valence-corrected chi connectivity index (χ3v) is 5.94. The minimum atomic E-state index is -0.688. The molecule has 0 bridgehead atoms. The Balaban J connectivity index is 1.87. The van der Waals surface area contributed by atoms with Gasteiger partial charge in [-0.05, 0) is 71.9 Å². The highest BCUT2D eigenvalue weighted by Gasteiger charge is 2.33. The molecule has 1 heterocycles. The lowest BCUT2D eigenvalue weighted by Crippen LogP contribution is -2.53. The molecule has 0 aromatic heterocycles. The number of amides is 4. The first kappa shape index (κ1) is 29.1. The highest BCUT2D eigenvalue weighted by Crippen LogP contribution is 2.20. The van der Waals surface area contributed by atoms with Crippen LogP contribution in [0, 0.1) is 18.8 Å². The number of nitrogens with zero attached hydrogens (tertiary/aromatic N) is 1. The number of benzene rings is 1. The molecule has 1 saturated heterocycles. The second kappa shape index (κ2) is 12.7. The van der Waals surface area contributed by atoms with Crippen molar-refractivity contribution in [3.63, 3.8) is 0 Å². The molecule has 0 unspecified atom stereocenters. The third kappa shape index (κ3) is 9.51. The molecule has 9 nitrogen and oxygen atoms in total. The summed E-state index contributed by atoms with van der Waals surface area (Å²) in [6.07, 6.45) is 0.857. The van der Waals surface area contributed by atoms with Crippen molar-refractivity contribution in [3.05, 3.63) is 29.8 Å². The van der Waals surface area contributed by atoms with Gasteiger partial charge in [0, 0.05) is 24.7 Å². The molecule has 2 rings (SSSR count). The zero-order chi connectivity index (χ0) is 27.0. The second-order valence-corrected chi connectivity index (χ2v) is 11.0. The minimum Gasteiger partial charge on any atom is -0.444 e. The molecule has 0 saturated carbocycles. The molecule has 200 valence electrons. The summed E-state index contributed by atoms with van der Waals surface area (Å²) in [5, 5.41) is 8.32. The van der Waals surface area contributed by atoms with Gasteiger partial charge >= 0.3 is 6.09 Å². The molecule has 1 aliphatic heterocycles. The molecule has 9 heteroatoms. The fourth-order valence-corrected chi connectivity index (χ4v) is 4.01. The van der Waals surface area contributed by atoms with E-state index in [1.165, 1.54) is 0 Å². The van der Waals surface area contributed by atoms with E-state index < -0.39 is 23.8 Å². The van der Waals surface area contributed by atoms with Crippen molar-refractivity contribution in [2.75, 3.05) is 18.4 Å². The first-order valence-corrected chi connectivity index (χ1v) is 12.7. The van der Waals surface area contributed by atoms with E-state index in [0.29, 0.717) is 38.0 Å². The molecule has 1 aromatic carbocycles. The molecule has 0 aliphatic carbocycles. The number of rotatable bonds is 8. The summed E-state index contributed by atoms with van der Waals surface area (Å²) in [6.45, 7) is 13.7. The summed E-state index contributed by atoms with van der Waals surface area (Å²) in [5.74, 6) is -0.737. The maximum atomic E-state index is 13.2. The molecule has 2 atom stereocenters. The predicted molar refractivity (Wildman–Crippen MR) is 139 cm³/mol. The Bertz CT molecular complexity index is 915. The van der Waals surface area contributed by atoms with E-state index in [9.17, 15) is 19.2 Å². The second-order valence-electron chi connectivity index (χ2n) is 11.0. The molecular formula is C27H42N4O5. The number of carbonyl (C=O) groups excluding carboxylic acids is 4. The Kier molecular flexibility index (Phi) is 10.3. The predicted octanol–water partition coefficient (Wildman–Crippen LogP) is 3.62. The van der Waals surface area contributed by atoms with Gasteiger partial charge in [-0.15, -0.1) is 0 Å². The van der Waals surface area contributed by atoms with Gasteiger partial charge in [-0.25, -0.2) is 4.79 Å². The number of alkyl carbamates (subject to hydrolysis) is 1. The summed E-state index contributed by atoms with van der Waals surface area (Å²) in [5.41, 5.74) is 1.11. The molecular weight excluding hydrogens is 460 g/mol. The van der Waals surface area contributed by atoms with Gasteiger partial charge in [0.15, 0.2) is 0 Å². The van der Waals surface area contributed by atoms with E-state index >= 15 is 0 Å². The van der Waals surface area contributed by atoms with Crippen molar-refractivity contribution in [1.29, 1.82) is 0 Å². The van der Waals surface area contributed by atoms with Crippen LogP contribution in [0.1, 0.15) is 66.4 Å². The van der Waals surface area contributed by atoms with Gasteiger partial charge in [0.1, 0.15) is 17.7 Å². The standard InChI is InChI=1S/C27H42N4O5/c1-17(2)16-22(30-26(35)36-27(5,6)7)25(34)31-14-12-20(13-15-31)24(33)28-19(4)23(32)29-21-10-8-18(3)9-11-21/h8-11,17,19-20,22H,12-16H2,1-7H3,(H,28,33)(H,29,32)(H,30,35)/t19-,22-/m0/s1. The topological polar surface area (TPSA) is 117 Å². The van der Waals surface area contributed by atoms with E-state index in [4.69, 9.17) is 4.74 Å². The van der Waals surface area contributed by atoms with Crippen LogP contribution in [0.15, 0.2) is 24.3 Å². The van der Waals surface area contributed by atoms with Crippen molar-refractivity contribution in [3.8, 4) is 0 Å². The zero-order valence-electron chi connectivity index (χ0n) is 22.6. The van der Waals surface area contributed by atoms with Gasteiger partial charge in [0.25, 0.3) is 0 Å². The van der Waals surface area contributed by atoms with Crippen molar-refractivity contribution in [2.24, 2.45) is 11.8 Å². The van der Waals surface area contributed by atoms with Gasteiger partial charge in [0.05, 0.1) is 0 Å². The third-order valence-electron chi connectivity index (χ3n) is 5.94. The number of likely N-dealkylation sites (tertiary alicyclic amines) is 1. The van der Waals surface area contributed by atoms with E-state index in [1.807, 2.05) is 45.0 Å². The maximum Gasteiger partial charge on any atom is 0.408 e. The number of nitrogens with one attached hydrogen (secondary N) is 3. The fraction of sp³-hybridized carbons (Fsp3) is 0.630. The van der Waals surface area contributed by atoms with Gasteiger partial charge in [-0.2, -0.15) is 0 Å². The molecule has 0 spiro atoms. The van der Waals surface area contributed by atoms with Crippen LogP contribution in [0.25, 0.3) is 0 Å². The monoisotopic (exact) mass is 502 g/mol. The fourth-order valence-electron chi connectivity index (χ4n) is 4.01. The molecule has 36 heavy (non-hydrogen) atoms. The highest BCUT2D eigenvalue weighted by molar-refractivity contribution is 5.97. The van der Waals surface area contributed by atoms with Crippen LogP contribution in [0.2, 0.25) is 0 Å². The first-order chi connectivity index (χ1) is 16.7. The van der Waals surface area contributed by atoms with Crippen LogP contribution >= 0.6 is 0 Å². The number of carbonyl (C=O) groups is 4.